The third kappa shape index (κ3) is 4.13. The molecule has 1 aromatic heterocycles. The van der Waals surface area contributed by atoms with Crippen molar-refractivity contribution in [2.24, 2.45) is 5.92 Å². The van der Waals surface area contributed by atoms with Gasteiger partial charge in [-0.15, -0.1) is 0 Å². The first-order chi connectivity index (χ1) is 9.70. The minimum absolute atomic E-state index is 0.00115. The van der Waals surface area contributed by atoms with E-state index in [-0.39, 0.29) is 18.4 Å². The van der Waals surface area contributed by atoms with Crippen LogP contribution in [-0.4, -0.2) is 28.5 Å². The molecule has 0 saturated carbocycles. The molecule has 1 unspecified atom stereocenters. The number of rotatable bonds is 6. The first-order valence-corrected chi connectivity index (χ1v) is 7.86. The average molecular weight is 355 g/mol. The SMILES string of the molecule is O=C(NCC(CO)Cc1ccccc1)c1nscc1Br. The van der Waals surface area contributed by atoms with E-state index >= 15 is 0 Å². The Bertz CT molecular complexity index is 559. The number of carbonyl (C=O) groups excluding carboxylic acids is 1. The zero-order chi connectivity index (χ0) is 14.4. The first-order valence-electron chi connectivity index (χ1n) is 6.23. The van der Waals surface area contributed by atoms with Crippen molar-refractivity contribution in [3.63, 3.8) is 0 Å². The number of hydrogen-bond acceptors (Lipinski definition) is 4. The Morgan fingerprint density at radius 2 is 2.15 bits per heavy atom. The van der Waals surface area contributed by atoms with E-state index in [0.717, 1.165) is 12.0 Å². The molecule has 0 bridgehead atoms. The van der Waals surface area contributed by atoms with Gasteiger partial charge in [-0.25, -0.2) is 0 Å². The van der Waals surface area contributed by atoms with Crippen LogP contribution in [0.2, 0.25) is 0 Å². The number of halogens is 1. The Hall–Kier alpha value is -1.24. The fourth-order valence-electron chi connectivity index (χ4n) is 1.84. The maximum absolute atomic E-state index is 11.9. The van der Waals surface area contributed by atoms with Crippen molar-refractivity contribution in [1.82, 2.24) is 9.69 Å². The van der Waals surface area contributed by atoms with Gasteiger partial charge >= 0.3 is 0 Å². The zero-order valence-electron chi connectivity index (χ0n) is 10.8. The van der Waals surface area contributed by atoms with E-state index in [1.807, 2.05) is 30.3 Å². The number of hydrogen-bond donors (Lipinski definition) is 2. The maximum Gasteiger partial charge on any atom is 0.272 e. The number of aliphatic hydroxyl groups is 1. The highest BCUT2D eigenvalue weighted by Gasteiger charge is 2.15. The van der Waals surface area contributed by atoms with Gasteiger partial charge in [-0.05, 0) is 39.4 Å². The molecular formula is C14H15BrN2O2S. The molecule has 1 atom stereocenters. The van der Waals surface area contributed by atoms with Crippen LogP contribution in [0.25, 0.3) is 0 Å². The molecule has 4 nitrogen and oxygen atoms in total. The topological polar surface area (TPSA) is 62.2 Å². The number of nitrogens with one attached hydrogen (secondary N) is 1. The van der Waals surface area contributed by atoms with Gasteiger partial charge in [-0.3, -0.25) is 4.79 Å². The van der Waals surface area contributed by atoms with E-state index in [0.29, 0.717) is 16.7 Å². The van der Waals surface area contributed by atoms with E-state index in [2.05, 4.69) is 25.6 Å². The summed E-state index contributed by atoms with van der Waals surface area (Å²) in [6.45, 7) is 0.460. The van der Waals surface area contributed by atoms with Crippen molar-refractivity contribution in [3.8, 4) is 0 Å². The number of benzene rings is 1. The lowest BCUT2D eigenvalue weighted by atomic mass is 10.00. The van der Waals surface area contributed by atoms with Crippen LogP contribution in [0.15, 0.2) is 40.2 Å². The highest BCUT2D eigenvalue weighted by Crippen LogP contribution is 2.17. The summed E-state index contributed by atoms with van der Waals surface area (Å²) >= 11 is 4.51. The van der Waals surface area contributed by atoms with Crippen LogP contribution in [0, 0.1) is 5.92 Å². The van der Waals surface area contributed by atoms with E-state index in [1.165, 1.54) is 11.5 Å². The lowest BCUT2D eigenvalue weighted by Gasteiger charge is -2.14. The fourth-order valence-corrected chi connectivity index (χ4v) is 3.02. The van der Waals surface area contributed by atoms with Crippen LogP contribution in [0.3, 0.4) is 0 Å². The Labute approximate surface area is 130 Å². The molecule has 106 valence electrons. The standard InChI is InChI=1S/C14H15BrN2O2S/c15-12-9-20-17-13(12)14(19)16-7-11(8-18)6-10-4-2-1-3-5-10/h1-5,9,11,18H,6-8H2,(H,16,19). The predicted molar refractivity (Wildman–Crippen MR) is 82.9 cm³/mol. The largest absolute Gasteiger partial charge is 0.396 e. The van der Waals surface area contributed by atoms with Crippen LogP contribution in [-0.2, 0) is 6.42 Å². The molecule has 0 aliphatic carbocycles. The molecule has 1 amide bonds. The average Bonchev–Trinajstić information content (AvgIpc) is 2.90. The molecule has 6 heteroatoms. The van der Waals surface area contributed by atoms with Gasteiger partial charge < -0.3 is 10.4 Å². The summed E-state index contributed by atoms with van der Waals surface area (Å²) in [6.07, 6.45) is 0.732. The summed E-state index contributed by atoms with van der Waals surface area (Å²) in [5.41, 5.74) is 1.54. The second kappa shape index (κ2) is 7.52. The van der Waals surface area contributed by atoms with E-state index in [9.17, 15) is 9.90 Å². The van der Waals surface area contributed by atoms with Gasteiger partial charge in [-0.2, -0.15) is 4.37 Å². The van der Waals surface area contributed by atoms with E-state index < -0.39 is 0 Å². The van der Waals surface area contributed by atoms with Crippen molar-refractivity contribution in [3.05, 3.63) is 51.4 Å². The number of carbonyl (C=O) groups is 1. The van der Waals surface area contributed by atoms with Crippen molar-refractivity contribution in [1.29, 1.82) is 0 Å². The highest BCUT2D eigenvalue weighted by atomic mass is 79.9. The monoisotopic (exact) mass is 354 g/mol. The lowest BCUT2D eigenvalue weighted by Crippen LogP contribution is -2.32. The zero-order valence-corrected chi connectivity index (χ0v) is 13.2. The number of aliphatic hydroxyl groups excluding tert-OH is 1. The number of amides is 1. The van der Waals surface area contributed by atoms with Gasteiger partial charge in [0.2, 0.25) is 0 Å². The van der Waals surface area contributed by atoms with Crippen LogP contribution in [0.5, 0.6) is 0 Å². The third-order valence-electron chi connectivity index (χ3n) is 2.92. The molecule has 0 aliphatic heterocycles. The molecule has 1 aromatic carbocycles. The molecule has 2 N–H and O–H groups in total. The summed E-state index contributed by atoms with van der Waals surface area (Å²) < 4.78 is 4.72. The normalized spacial score (nSPS) is 12.1. The number of aromatic nitrogens is 1. The fraction of sp³-hybridized carbons (Fsp3) is 0.286. The quantitative estimate of drug-likeness (QED) is 0.837. The molecule has 0 radical (unpaired) electrons. The van der Waals surface area contributed by atoms with Crippen molar-refractivity contribution in [2.45, 2.75) is 6.42 Å². The molecule has 0 saturated heterocycles. The van der Waals surface area contributed by atoms with Crippen molar-refractivity contribution < 1.29 is 9.90 Å². The minimum Gasteiger partial charge on any atom is -0.396 e. The van der Waals surface area contributed by atoms with Gasteiger partial charge in [0.25, 0.3) is 5.91 Å². The lowest BCUT2D eigenvalue weighted by molar-refractivity contribution is 0.0935. The highest BCUT2D eigenvalue weighted by molar-refractivity contribution is 9.10. The second-order valence-corrected chi connectivity index (χ2v) is 5.94. The Balaban J connectivity index is 1.88. The molecule has 2 aromatic rings. The second-order valence-electron chi connectivity index (χ2n) is 4.46. The minimum atomic E-state index is -0.218. The maximum atomic E-state index is 11.9. The molecule has 20 heavy (non-hydrogen) atoms. The van der Waals surface area contributed by atoms with Gasteiger partial charge in [0, 0.05) is 24.4 Å². The van der Waals surface area contributed by atoms with E-state index in [1.54, 1.807) is 5.38 Å². The molecule has 0 fully saturated rings. The Morgan fingerprint density at radius 3 is 2.75 bits per heavy atom. The molecule has 2 rings (SSSR count). The van der Waals surface area contributed by atoms with Crippen LogP contribution < -0.4 is 5.32 Å². The van der Waals surface area contributed by atoms with Gasteiger partial charge in [0.15, 0.2) is 5.69 Å². The van der Waals surface area contributed by atoms with Gasteiger partial charge in [0.05, 0.1) is 4.47 Å². The third-order valence-corrected chi connectivity index (χ3v) is 4.45. The summed E-state index contributed by atoms with van der Waals surface area (Å²) in [7, 11) is 0. The van der Waals surface area contributed by atoms with E-state index in [4.69, 9.17) is 0 Å². The number of nitrogens with zero attached hydrogens (tertiary/aromatic N) is 1. The Kier molecular flexibility index (Phi) is 5.70. The van der Waals surface area contributed by atoms with Gasteiger partial charge in [-0.1, -0.05) is 30.3 Å². The Morgan fingerprint density at radius 1 is 1.40 bits per heavy atom. The first kappa shape index (κ1) is 15.2. The molecular weight excluding hydrogens is 340 g/mol. The van der Waals surface area contributed by atoms with Crippen LogP contribution in [0.1, 0.15) is 16.1 Å². The van der Waals surface area contributed by atoms with Crippen LogP contribution in [0.4, 0.5) is 0 Å². The summed E-state index contributed by atoms with van der Waals surface area (Å²) in [4.78, 5) is 11.9. The summed E-state index contributed by atoms with van der Waals surface area (Å²) in [5.74, 6) is -0.219. The summed E-state index contributed by atoms with van der Waals surface area (Å²) in [5, 5.41) is 14.0. The molecule has 0 spiro atoms. The van der Waals surface area contributed by atoms with Crippen molar-refractivity contribution >= 4 is 33.4 Å². The summed E-state index contributed by atoms with van der Waals surface area (Å²) in [6, 6.07) is 9.92. The van der Waals surface area contributed by atoms with Crippen LogP contribution >= 0.6 is 27.5 Å². The van der Waals surface area contributed by atoms with Gasteiger partial charge in [0.1, 0.15) is 0 Å². The van der Waals surface area contributed by atoms with Crippen molar-refractivity contribution in [2.75, 3.05) is 13.2 Å². The molecule has 1 heterocycles. The predicted octanol–water partition coefficient (Wildman–Crippen LogP) is 2.49. The smallest absolute Gasteiger partial charge is 0.272 e. The molecule has 0 aliphatic rings.